The molecular formula is C20H23N5O3. The zero-order valence-electron chi connectivity index (χ0n) is 16.6. The number of rotatable bonds is 3. The Morgan fingerprint density at radius 2 is 1.86 bits per heavy atom. The lowest BCUT2D eigenvalue weighted by molar-refractivity contribution is -0.139. The molecule has 8 heteroatoms. The number of fused-ring (bicyclic) bond motifs is 3. The van der Waals surface area contributed by atoms with Gasteiger partial charge in [0.15, 0.2) is 12.2 Å². The largest absolute Gasteiger partial charge is 0.328 e. The summed E-state index contributed by atoms with van der Waals surface area (Å²) in [6.07, 6.45) is -0.617. The minimum absolute atomic E-state index is 0.224. The van der Waals surface area contributed by atoms with Gasteiger partial charge in [0.2, 0.25) is 5.96 Å². The quantitative estimate of drug-likeness (QED) is 0.799. The van der Waals surface area contributed by atoms with Crippen molar-refractivity contribution in [2.45, 2.75) is 39.9 Å². The number of likely N-dealkylation sites (N-methyl/N-ethyl adjacent to an activating group) is 1. The van der Waals surface area contributed by atoms with Gasteiger partial charge >= 0.3 is 6.03 Å². The molecule has 0 aliphatic carbocycles. The number of anilines is 1. The van der Waals surface area contributed by atoms with Crippen molar-refractivity contribution in [1.29, 1.82) is 0 Å². The Balaban J connectivity index is 1.78. The lowest BCUT2D eigenvalue weighted by Gasteiger charge is -2.40. The van der Waals surface area contributed by atoms with Gasteiger partial charge in [-0.1, -0.05) is 12.1 Å². The summed E-state index contributed by atoms with van der Waals surface area (Å²) in [5, 5.41) is 0. The van der Waals surface area contributed by atoms with Crippen LogP contribution in [0.2, 0.25) is 0 Å². The number of imide groups is 1. The smallest absolute Gasteiger partial charge is 0.302 e. The topological polar surface area (TPSA) is 76.5 Å². The number of ketones is 1. The number of nitrogens with zero attached hydrogens (tertiary/aromatic N) is 5. The minimum Gasteiger partial charge on any atom is -0.302 e. The SMILES string of the molecule is CC(=O)CN1C(=O)C2C(N=C3N(c4cccc(C)c4)C(C)=C(C)N32)N(C)C1=O. The number of guanidine groups is 1. The normalized spacial score (nSPS) is 24.1. The molecule has 0 spiro atoms. The first-order valence-electron chi connectivity index (χ1n) is 9.21. The van der Waals surface area contributed by atoms with Crippen LogP contribution in [0, 0.1) is 6.92 Å². The molecule has 1 aromatic carbocycles. The van der Waals surface area contributed by atoms with Crippen LogP contribution in [0.5, 0.6) is 0 Å². The van der Waals surface area contributed by atoms with E-state index in [0.717, 1.165) is 27.5 Å². The van der Waals surface area contributed by atoms with E-state index in [0.29, 0.717) is 5.96 Å². The van der Waals surface area contributed by atoms with Crippen LogP contribution in [-0.4, -0.2) is 64.2 Å². The molecule has 8 nitrogen and oxygen atoms in total. The van der Waals surface area contributed by atoms with Gasteiger partial charge in [-0.3, -0.25) is 24.3 Å². The Kier molecular flexibility index (Phi) is 4.02. The number of carbonyl (C=O) groups excluding carboxylic acids is 3. The van der Waals surface area contributed by atoms with E-state index in [2.05, 4.69) is 6.07 Å². The third-order valence-corrected chi connectivity index (χ3v) is 5.53. The Morgan fingerprint density at radius 3 is 2.50 bits per heavy atom. The number of aliphatic imine (C=N–C) groups is 1. The van der Waals surface area contributed by atoms with Crippen LogP contribution in [0.1, 0.15) is 26.3 Å². The molecule has 0 aromatic heterocycles. The molecule has 2 unspecified atom stereocenters. The van der Waals surface area contributed by atoms with Crippen LogP contribution in [0.15, 0.2) is 40.7 Å². The van der Waals surface area contributed by atoms with Gasteiger partial charge < -0.3 is 4.90 Å². The van der Waals surface area contributed by atoms with Crippen molar-refractivity contribution >= 4 is 29.4 Å². The molecule has 0 radical (unpaired) electrons. The molecule has 3 heterocycles. The van der Waals surface area contributed by atoms with Gasteiger partial charge in [-0.25, -0.2) is 9.79 Å². The molecule has 146 valence electrons. The van der Waals surface area contributed by atoms with Gasteiger partial charge in [0.05, 0.1) is 6.54 Å². The number of benzene rings is 1. The predicted octanol–water partition coefficient (Wildman–Crippen LogP) is 1.92. The first-order chi connectivity index (χ1) is 13.2. The fourth-order valence-electron chi connectivity index (χ4n) is 4.06. The zero-order chi connectivity index (χ0) is 20.3. The van der Waals surface area contributed by atoms with Crippen LogP contribution in [0.25, 0.3) is 0 Å². The Bertz CT molecular complexity index is 966. The Hall–Kier alpha value is -3.16. The van der Waals surface area contributed by atoms with E-state index < -0.39 is 18.2 Å². The van der Waals surface area contributed by atoms with Gasteiger partial charge in [0.25, 0.3) is 5.91 Å². The first-order valence-corrected chi connectivity index (χ1v) is 9.21. The average Bonchev–Trinajstić information content (AvgIpc) is 3.13. The average molecular weight is 381 g/mol. The number of amides is 3. The summed E-state index contributed by atoms with van der Waals surface area (Å²) in [7, 11) is 1.62. The summed E-state index contributed by atoms with van der Waals surface area (Å²) < 4.78 is 0. The second kappa shape index (κ2) is 6.19. The summed E-state index contributed by atoms with van der Waals surface area (Å²) in [6, 6.07) is 6.90. The highest BCUT2D eigenvalue weighted by atomic mass is 16.2. The molecule has 1 saturated heterocycles. The summed E-state index contributed by atoms with van der Waals surface area (Å²) in [6.45, 7) is 7.10. The monoisotopic (exact) mass is 381 g/mol. The van der Waals surface area contributed by atoms with E-state index in [1.807, 2.05) is 48.8 Å². The zero-order valence-corrected chi connectivity index (χ0v) is 16.6. The molecule has 3 aliphatic heterocycles. The molecule has 1 aromatic rings. The maximum Gasteiger partial charge on any atom is 0.328 e. The maximum atomic E-state index is 13.2. The Morgan fingerprint density at radius 1 is 1.14 bits per heavy atom. The Labute approximate surface area is 163 Å². The van der Waals surface area contributed by atoms with Crippen molar-refractivity contribution in [2.75, 3.05) is 18.5 Å². The van der Waals surface area contributed by atoms with E-state index in [-0.39, 0.29) is 18.2 Å². The second-order valence-electron chi connectivity index (χ2n) is 7.52. The van der Waals surface area contributed by atoms with Gasteiger partial charge in [-0.15, -0.1) is 0 Å². The molecule has 3 amide bonds. The standard InChI is InChI=1S/C20H23N5O3/c1-11-7-6-8-15(9-11)24-13(3)14(4)25-16-17(21-19(24)25)22(5)20(28)23(18(16)27)10-12(2)26/h6-9,16-17H,10H2,1-5H3. The lowest BCUT2D eigenvalue weighted by Crippen LogP contribution is -2.65. The summed E-state index contributed by atoms with van der Waals surface area (Å²) in [5.74, 6) is 0.00695. The molecule has 28 heavy (non-hydrogen) atoms. The van der Waals surface area contributed by atoms with Crippen LogP contribution in [0.3, 0.4) is 0 Å². The highest BCUT2D eigenvalue weighted by molar-refractivity contribution is 6.11. The van der Waals surface area contributed by atoms with E-state index in [1.165, 1.54) is 11.8 Å². The van der Waals surface area contributed by atoms with E-state index in [9.17, 15) is 14.4 Å². The van der Waals surface area contributed by atoms with Crippen LogP contribution < -0.4 is 4.90 Å². The van der Waals surface area contributed by atoms with Gasteiger partial charge in [-0.05, 0) is 45.4 Å². The third-order valence-electron chi connectivity index (χ3n) is 5.53. The van der Waals surface area contributed by atoms with Gasteiger partial charge in [0, 0.05) is 24.1 Å². The summed E-state index contributed by atoms with van der Waals surface area (Å²) >= 11 is 0. The second-order valence-corrected chi connectivity index (χ2v) is 7.52. The van der Waals surface area contributed by atoms with Crippen LogP contribution in [-0.2, 0) is 9.59 Å². The number of Topliss-reactive ketones (excluding diaryl/α,β-unsaturated/α-hetero) is 1. The molecule has 2 atom stereocenters. The van der Waals surface area contributed by atoms with Crippen LogP contribution >= 0.6 is 0 Å². The van der Waals surface area contributed by atoms with Gasteiger partial charge in [-0.2, -0.15) is 0 Å². The van der Waals surface area contributed by atoms with E-state index in [4.69, 9.17) is 4.99 Å². The van der Waals surface area contributed by atoms with Crippen molar-refractivity contribution in [3.8, 4) is 0 Å². The summed E-state index contributed by atoms with van der Waals surface area (Å²) in [4.78, 5) is 48.5. The van der Waals surface area contributed by atoms with Crippen molar-refractivity contribution in [2.24, 2.45) is 4.99 Å². The molecular weight excluding hydrogens is 358 g/mol. The number of allylic oxidation sites excluding steroid dienone is 2. The first kappa shape index (κ1) is 18.2. The predicted molar refractivity (Wildman–Crippen MR) is 104 cm³/mol. The molecule has 1 fully saturated rings. The molecule has 0 bridgehead atoms. The number of hydrogen-bond acceptors (Lipinski definition) is 6. The number of urea groups is 1. The van der Waals surface area contributed by atoms with Crippen molar-refractivity contribution in [1.82, 2.24) is 14.7 Å². The molecule has 0 saturated carbocycles. The van der Waals surface area contributed by atoms with Crippen LogP contribution in [0.4, 0.5) is 10.5 Å². The molecule has 4 rings (SSSR count). The van der Waals surface area contributed by atoms with Crippen molar-refractivity contribution in [3.63, 3.8) is 0 Å². The maximum absolute atomic E-state index is 13.2. The fourth-order valence-corrected chi connectivity index (χ4v) is 4.06. The van der Waals surface area contributed by atoms with Crippen molar-refractivity contribution < 1.29 is 14.4 Å². The summed E-state index contributed by atoms with van der Waals surface area (Å²) in [5.41, 5.74) is 3.96. The van der Waals surface area contributed by atoms with Gasteiger partial charge in [0.1, 0.15) is 5.78 Å². The number of hydrogen-bond donors (Lipinski definition) is 0. The van der Waals surface area contributed by atoms with E-state index in [1.54, 1.807) is 7.05 Å². The van der Waals surface area contributed by atoms with E-state index >= 15 is 0 Å². The molecule has 0 N–H and O–H groups in total. The highest BCUT2D eigenvalue weighted by Gasteiger charge is 2.56. The lowest BCUT2D eigenvalue weighted by atomic mass is 10.1. The van der Waals surface area contributed by atoms with Crippen molar-refractivity contribution in [3.05, 3.63) is 41.2 Å². The third kappa shape index (κ3) is 2.44. The highest BCUT2D eigenvalue weighted by Crippen LogP contribution is 2.39. The molecule has 3 aliphatic rings. The number of carbonyl (C=O) groups is 3. The minimum atomic E-state index is -0.665. The number of aryl methyl sites for hydroxylation is 1. The fraction of sp³-hybridized carbons (Fsp3) is 0.400.